The second-order valence-corrected chi connectivity index (χ2v) is 5.63. The predicted octanol–water partition coefficient (Wildman–Crippen LogP) is 2.44. The first kappa shape index (κ1) is 15.0. The predicted molar refractivity (Wildman–Crippen MR) is 81.4 cm³/mol. The number of nitrogens with two attached hydrogens (primary N) is 1. The summed E-state index contributed by atoms with van der Waals surface area (Å²) in [6, 6.07) is 6.15. The van der Waals surface area contributed by atoms with Crippen molar-refractivity contribution >= 4 is 15.9 Å². The van der Waals surface area contributed by atoms with Crippen molar-refractivity contribution in [3.8, 4) is 5.75 Å². The first-order chi connectivity index (χ1) is 9.60. The number of hydrogen-bond donors (Lipinski definition) is 1. The monoisotopic (exact) mass is 338 g/mol. The molecule has 0 aliphatic heterocycles. The first-order valence-corrected chi connectivity index (χ1v) is 7.40. The molecule has 2 aromatic rings. The van der Waals surface area contributed by atoms with Crippen molar-refractivity contribution in [1.29, 1.82) is 0 Å². The smallest absolute Gasteiger partial charge is 0.137 e. The number of para-hydroxylation sites is 1. The summed E-state index contributed by atoms with van der Waals surface area (Å²) in [4.78, 5) is 0. The van der Waals surface area contributed by atoms with Crippen LogP contribution in [-0.4, -0.2) is 21.0 Å². The third-order valence-corrected chi connectivity index (χ3v) is 3.69. The van der Waals surface area contributed by atoms with E-state index in [0.29, 0.717) is 6.61 Å². The van der Waals surface area contributed by atoms with Gasteiger partial charge in [0.15, 0.2) is 0 Å². The molecular weight excluding hydrogens is 320 g/mol. The maximum absolute atomic E-state index is 6.04. The lowest BCUT2D eigenvalue weighted by Gasteiger charge is -2.15. The lowest BCUT2D eigenvalue weighted by Crippen LogP contribution is -2.21. The molecule has 1 aromatic carbocycles. The van der Waals surface area contributed by atoms with Crippen LogP contribution in [0.2, 0.25) is 0 Å². The molecule has 2 rings (SSSR count). The Labute approximate surface area is 127 Å². The van der Waals surface area contributed by atoms with Gasteiger partial charge in [-0.2, -0.15) is 0 Å². The number of hydrogen-bond acceptors (Lipinski definition) is 4. The van der Waals surface area contributed by atoms with E-state index in [1.807, 2.05) is 31.4 Å². The van der Waals surface area contributed by atoms with E-state index in [2.05, 4.69) is 33.2 Å². The summed E-state index contributed by atoms with van der Waals surface area (Å²) in [5.41, 5.74) is 7.95. The fourth-order valence-corrected chi connectivity index (χ4v) is 2.43. The molecule has 5 nitrogen and oxygen atoms in total. The van der Waals surface area contributed by atoms with Crippen LogP contribution in [0.15, 0.2) is 28.9 Å². The molecule has 0 amide bonds. The highest BCUT2D eigenvalue weighted by molar-refractivity contribution is 9.10. The standard InChI is InChI=1S/C14H19BrN4O/c1-3-11(16)7-10-5-4-6-13(15)14(10)20-9-12-8-19(2)18-17-12/h4-6,8,11H,3,7,9,16H2,1-2H3. The van der Waals surface area contributed by atoms with Gasteiger partial charge in [-0.1, -0.05) is 24.3 Å². The molecule has 0 spiro atoms. The normalized spacial score (nSPS) is 12.4. The van der Waals surface area contributed by atoms with Crippen molar-refractivity contribution in [3.63, 3.8) is 0 Å². The van der Waals surface area contributed by atoms with Gasteiger partial charge in [0.1, 0.15) is 18.1 Å². The van der Waals surface area contributed by atoms with E-state index in [1.165, 1.54) is 0 Å². The Kier molecular flexibility index (Phi) is 5.14. The van der Waals surface area contributed by atoms with Crippen LogP contribution in [0, 0.1) is 0 Å². The number of nitrogens with zero attached hydrogens (tertiary/aromatic N) is 3. The van der Waals surface area contributed by atoms with Gasteiger partial charge in [-0.25, -0.2) is 0 Å². The highest BCUT2D eigenvalue weighted by Crippen LogP contribution is 2.30. The average molecular weight is 339 g/mol. The van der Waals surface area contributed by atoms with E-state index >= 15 is 0 Å². The van der Waals surface area contributed by atoms with Crippen LogP contribution < -0.4 is 10.5 Å². The van der Waals surface area contributed by atoms with Gasteiger partial charge < -0.3 is 10.5 Å². The molecule has 20 heavy (non-hydrogen) atoms. The summed E-state index contributed by atoms with van der Waals surface area (Å²) in [5, 5.41) is 7.91. The summed E-state index contributed by atoms with van der Waals surface area (Å²) in [5.74, 6) is 0.835. The molecule has 6 heteroatoms. The largest absolute Gasteiger partial charge is 0.486 e. The van der Waals surface area contributed by atoms with E-state index in [1.54, 1.807) is 4.68 Å². The molecule has 1 unspecified atom stereocenters. The van der Waals surface area contributed by atoms with Crippen LogP contribution in [-0.2, 0) is 20.1 Å². The number of halogens is 1. The molecule has 1 atom stereocenters. The Balaban J connectivity index is 2.12. The summed E-state index contributed by atoms with van der Waals surface area (Å²) in [7, 11) is 1.83. The number of aromatic nitrogens is 3. The topological polar surface area (TPSA) is 66.0 Å². The Bertz CT molecular complexity index is 570. The summed E-state index contributed by atoms with van der Waals surface area (Å²) in [6.07, 6.45) is 3.58. The Morgan fingerprint density at radius 2 is 2.25 bits per heavy atom. The van der Waals surface area contributed by atoms with Gasteiger partial charge in [0.2, 0.25) is 0 Å². The molecule has 1 heterocycles. The second-order valence-electron chi connectivity index (χ2n) is 4.77. The number of ether oxygens (including phenoxy) is 1. The Morgan fingerprint density at radius 1 is 1.45 bits per heavy atom. The van der Waals surface area contributed by atoms with E-state index in [-0.39, 0.29) is 6.04 Å². The molecule has 0 saturated carbocycles. The highest BCUT2D eigenvalue weighted by atomic mass is 79.9. The van der Waals surface area contributed by atoms with Crippen molar-refractivity contribution in [2.45, 2.75) is 32.4 Å². The van der Waals surface area contributed by atoms with E-state index in [0.717, 1.165) is 34.3 Å². The fourth-order valence-electron chi connectivity index (χ4n) is 1.91. The minimum absolute atomic E-state index is 0.142. The lowest BCUT2D eigenvalue weighted by atomic mass is 10.0. The van der Waals surface area contributed by atoms with Crippen LogP contribution in [0.3, 0.4) is 0 Å². The van der Waals surface area contributed by atoms with Crippen molar-refractivity contribution in [1.82, 2.24) is 15.0 Å². The van der Waals surface area contributed by atoms with Crippen LogP contribution in [0.1, 0.15) is 24.6 Å². The highest BCUT2D eigenvalue weighted by Gasteiger charge is 2.12. The molecule has 1 aromatic heterocycles. The molecule has 0 radical (unpaired) electrons. The second kappa shape index (κ2) is 6.85. The zero-order valence-corrected chi connectivity index (χ0v) is 13.3. The fraction of sp³-hybridized carbons (Fsp3) is 0.429. The van der Waals surface area contributed by atoms with E-state index in [9.17, 15) is 0 Å². The molecule has 108 valence electrons. The van der Waals surface area contributed by atoms with Gasteiger partial charge in [-0.05, 0) is 40.4 Å². The van der Waals surface area contributed by atoms with Crippen molar-refractivity contribution in [3.05, 3.63) is 40.1 Å². The van der Waals surface area contributed by atoms with E-state index < -0.39 is 0 Å². The van der Waals surface area contributed by atoms with Crippen LogP contribution in [0.5, 0.6) is 5.75 Å². The van der Waals surface area contributed by atoms with Crippen molar-refractivity contribution in [2.75, 3.05) is 0 Å². The van der Waals surface area contributed by atoms with Gasteiger partial charge in [-0.3, -0.25) is 4.68 Å². The number of aryl methyl sites for hydroxylation is 1. The molecule has 0 saturated heterocycles. The molecule has 0 bridgehead atoms. The molecule has 0 aliphatic rings. The molecular formula is C14H19BrN4O. The van der Waals surface area contributed by atoms with Crippen LogP contribution in [0.4, 0.5) is 0 Å². The van der Waals surface area contributed by atoms with Gasteiger partial charge >= 0.3 is 0 Å². The summed E-state index contributed by atoms with van der Waals surface area (Å²) < 4.78 is 8.49. The van der Waals surface area contributed by atoms with Crippen LogP contribution in [0.25, 0.3) is 0 Å². The average Bonchev–Trinajstić information content (AvgIpc) is 2.83. The first-order valence-electron chi connectivity index (χ1n) is 6.61. The van der Waals surface area contributed by atoms with Crippen LogP contribution >= 0.6 is 15.9 Å². The number of rotatable bonds is 6. The quantitative estimate of drug-likeness (QED) is 0.878. The summed E-state index contributed by atoms with van der Waals surface area (Å²) >= 11 is 3.53. The third kappa shape index (κ3) is 3.80. The van der Waals surface area contributed by atoms with E-state index in [4.69, 9.17) is 10.5 Å². The lowest BCUT2D eigenvalue weighted by molar-refractivity contribution is 0.295. The number of benzene rings is 1. The zero-order chi connectivity index (χ0) is 14.5. The molecule has 0 fully saturated rings. The van der Waals surface area contributed by atoms with Gasteiger partial charge in [0.05, 0.1) is 10.7 Å². The third-order valence-electron chi connectivity index (χ3n) is 3.07. The van der Waals surface area contributed by atoms with Gasteiger partial charge in [-0.15, -0.1) is 5.10 Å². The Morgan fingerprint density at radius 3 is 2.90 bits per heavy atom. The van der Waals surface area contributed by atoms with Crippen molar-refractivity contribution in [2.24, 2.45) is 12.8 Å². The molecule has 0 aliphatic carbocycles. The Hall–Kier alpha value is -1.40. The van der Waals surface area contributed by atoms with Gasteiger partial charge in [0.25, 0.3) is 0 Å². The maximum Gasteiger partial charge on any atom is 0.137 e. The minimum atomic E-state index is 0.142. The SMILES string of the molecule is CCC(N)Cc1cccc(Br)c1OCc1cn(C)nn1. The maximum atomic E-state index is 6.04. The summed E-state index contributed by atoms with van der Waals surface area (Å²) in [6.45, 7) is 2.48. The zero-order valence-electron chi connectivity index (χ0n) is 11.7. The van der Waals surface area contributed by atoms with Crippen molar-refractivity contribution < 1.29 is 4.74 Å². The van der Waals surface area contributed by atoms with Gasteiger partial charge in [0, 0.05) is 13.1 Å². The minimum Gasteiger partial charge on any atom is -0.486 e. The molecule has 2 N–H and O–H groups in total.